The van der Waals surface area contributed by atoms with Crippen molar-refractivity contribution in [2.24, 2.45) is 0 Å². The Morgan fingerprint density at radius 2 is 2.15 bits per heavy atom. The summed E-state index contributed by atoms with van der Waals surface area (Å²) in [5.74, 6) is 2.80. The lowest BCUT2D eigenvalue weighted by Crippen LogP contribution is -2.33. The van der Waals surface area contributed by atoms with Crippen LogP contribution in [-0.2, 0) is 16.4 Å². The highest BCUT2D eigenvalue weighted by atomic mass is 32.2. The van der Waals surface area contributed by atoms with Gasteiger partial charge in [-0.2, -0.15) is 10.1 Å². The van der Waals surface area contributed by atoms with E-state index in [1.807, 2.05) is 30.1 Å². The normalized spacial score (nSPS) is 20.1. The molecule has 1 aromatic carbocycles. The number of hydrogen-bond donors (Lipinski definition) is 1. The molecule has 138 valence electrons. The Morgan fingerprint density at radius 1 is 1.31 bits per heavy atom. The average molecular weight is 377 g/mol. The fraction of sp³-hybridized carbons (Fsp3) is 0.438. The number of sulfone groups is 1. The van der Waals surface area contributed by atoms with Crippen molar-refractivity contribution >= 4 is 21.6 Å². The Morgan fingerprint density at radius 3 is 2.96 bits per heavy atom. The summed E-state index contributed by atoms with van der Waals surface area (Å²) in [5, 5.41) is 11.1. The lowest BCUT2D eigenvalue weighted by molar-refractivity contribution is 0.174. The van der Waals surface area contributed by atoms with Gasteiger partial charge in [0, 0.05) is 19.6 Å². The molecule has 1 fully saturated rings. The molecular weight excluding hydrogens is 358 g/mol. The van der Waals surface area contributed by atoms with Crippen molar-refractivity contribution in [2.45, 2.75) is 19.0 Å². The van der Waals surface area contributed by atoms with E-state index in [4.69, 9.17) is 9.47 Å². The largest absolute Gasteiger partial charge is 0.454 e. The quantitative estimate of drug-likeness (QED) is 0.811. The van der Waals surface area contributed by atoms with Gasteiger partial charge in [0.2, 0.25) is 12.7 Å². The number of rotatable bonds is 5. The van der Waals surface area contributed by atoms with E-state index < -0.39 is 9.84 Å². The number of nitrogens with one attached hydrogen (secondary N) is 1. The SMILES string of the molecule is CN(c1cnnc(NCc2ccc3c(c2)OCO3)n1)C1CCS(=O)(=O)C1. The fourth-order valence-electron chi connectivity index (χ4n) is 3.04. The van der Waals surface area contributed by atoms with Gasteiger partial charge >= 0.3 is 0 Å². The zero-order chi connectivity index (χ0) is 18.1. The summed E-state index contributed by atoms with van der Waals surface area (Å²) in [7, 11) is -1.12. The monoisotopic (exact) mass is 377 g/mol. The molecule has 1 atom stereocenters. The zero-order valence-electron chi connectivity index (χ0n) is 14.3. The highest BCUT2D eigenvalue weighted by Gasteiger charge is 2.31. The molecule has 0 aliphatic carbocycles. The van der Waals surface area contributed by atoms with Crippen LogP contribution in [0.1, 0.15) is 12.0 Å². The van der Waals surface area contributed by atoms with Crippen LogP contribution in [0.2, 0.25) is 0 Å². The van der Waals surface area contributed by atoms with Crippen LogP contribution in [0.5, 0.6) is 11.5 Å². The van der Waals surface area contributed by atoms with E-state index in [0.29, 0.717) is 24.7 Å². The highest BCUT2D eigenvalue weighted by molar-refractivity contribution is 7.91. The molecule has 1 aromatic heterocycles. The summed E-state index contributed by atoms with van der Waals surface area (Å²) in [4.78, 5) is 6.30. The maximum Gasteiger partial charge on any atom is 0.244 e. The molecule has 3 heterocycles. The van der Waals surface area contributed by atoms with Crippen LogP contribution in [0.4, 0.5) is 11.8 Å². The lowest BCUT2D eigenvalue weighted by atomic mass is 10.2. The second-order valence-corrected chi connectivity index (χ2v) is 8.58. The summed E-state index contributed by atoms with van der Waals surface area (Å²) < 4.78 is 34.0. The Bertz CT molecular complexity index is 921. The third-order valence-corrected chi connectivity index (χ3v) is 6.30. The number of aromatic nitrogens is 3. The number of hydrogen-bond acceptors (Lipinski definition) is 9. The van der Waals surface area contributed by atoms with E-state index in [9.17, 15) is 8.42 Å². The Labute approximate surface area is 151 Å². The first kappa shape index (κ1) is 16.8. The molecule has 0 amide bonds. The minimum Gasteiger partial charge on any atom is -0.454 e. The van der Waals surface area contributed by atoms with E-state index in [1.165, 1.54) is 6.20 Å². The average Bonchev–Trinajstić information content (AvgIpc) is 3.25. The van der Waals surface area contributed by atoms with Gasteiger partial charge < -0.3 is 19.7 Å². The topological polar surface area (TPSA) is 107 Å². The van der Waals surface area contributed by atoms with Gasteiger partial charge in [-0.1, -0.05) is 6.07 Å². The van der Waals surface area contributed by atoms with Crippen molar-refractivity contribution < 1.29 is 17.9 Å². The maximum atomic E-state index is 11.7. The standard InChI is InChI=1S/C16H19N5O4S/c1-21(12-4-5-26(22,23)9-12)15-8-18-20-16(19-15)17-7-11-2-3-13-14(6-11)25-10-24-13/h2-3,6,8,12H,4-5,7,9-10H2,1H3,(H,17,19,20). The van der Waals surface area contributed by atoms with Crippen LogP contribution in [-0.4, -0.2) is 55.0 Å². The zero-order valence-corrected chi connectivity index (χ0v) is 15.1. The van der Waals surface area contributed by atoms with E-state index in [1.54, 1.807) is 0 Å². The fourth-order valence-corrected chi connectivity index (χ4v) is 4.81. The second kappa shape index (κ2) is 6.60. The van der Waals surface area contributed by atoms with Gasteiger partial charge in [-0.3, -0.25) is 0 Å². The van der Waals surface area contributed by atoms with Gasteiger partial charge in [0.25, 0.3) is 0 Å². The van der Waals surface area contributed by atoms with Crippen molar-refractivity contribution in [3.05, 3.63) is 30.0 Å². The van der Waals surface area contributed by atoms with Gasteiger partial charge in [-0.25, -0.2) is 8.42 Å². The molecule has 1 unspecified atom stereocenters. The van der Waals surface area contributed by atoms with Crippen LogP contribution in [0, 0.1) is 0 Å². The predicted molar refractivity (Wildman–Crippen MR) is 95.2 cm³/mol. The van der Waals surface area contributed by atoms with Crippen molar-refractivity contribution in [3.8, 4) is 11.5 Å². The van der Waals surface area contributed by atoms with E-state index >= 15 is 0 Å². The van der Waals surface area contributed by atoms with Crippen molar-refractivity contribution in [3.63, 3.8) is 0 Å². The molecule has 2 aromatic rings. The Hall–Kier alpha value is -2.62. The van der Waals surface area contributed by atoms with Crippen molar-refractivity contribution in [1.29, 1.82) is 0 Å². The number of nitrogens with zero attached hydrogens (tertiary/aromatic N) is 4. The van der Waals surface area contributed by atoms with Gasteiger partial charge in [-0.15, -0.1) is 5.10 Å². The van der Waals surface area contributed by atoms with Crippen LogP contribution in [0.15, 0.2) is 24.4 Å². The number of benzene rings is 1. The molecule has 10 heteroatoms. The molecule has 9 nitrogen and oxygen atoms in total. The first-order valence-electron chi connectivity index (χ1n) is 8.25. The second-order valence-electron chi connectivity index (χ2n) is 6.35. The minimum atomic E-state index is -2.95. The third-order valence-electron chi connectivity index (χ3n) is 4.55. The number of ether oxygens (including phenoxy) is 2. The van der Waals surface area contributed by atoms with Gasteiger partial charge in [0.1, 0.15) is 0 Å². The predicted octanol–water partition coefficient (Wildman–Crippen LogP) is 0.836. The summed E-state index contributed by atoms with van der Waals surface area (Å²) in [6.07, 6.45) is 2.14. The molecule has 2 aliphatic rings. The Balaban J connectivity index is 1.43. The minimum absolute atomic E-state index is 0.0848. The molecule has 0 saturated carbocycles. The molecule has 26 heavy (non-hydrogen) atoms. The van der Waals surface area contributed by atoms with E-state index in [-0.39, 0.29) is 24.3 Å². The van der Waals surface area contributed by atoms with Crippen LogP contribution < -0.4 is 19.7 Å². The smallest absolute Gasteiger partial charge is 0.244 e. The van der Waals surface area contributed by atoms with Crippen LogP contribution in [0.3, 0.4) is 0 Å². The van der Waals surface area contributed by atoms with Gasteiger partial charge in [0.05, 0.1) is 17.7 Å². The maximum absolute atomic E-state index is 11.7. The summed E-state index contributed by atoms with van der Waals surface area (Å²) >= 11 is 0. The van der Waals surface area contributed by atoms with Gasteiger partial charge in [-0.05, 0) is 24.1 Å². The van der Waals surface area contributed by atoms with E-state index in [0.717, 1.165) is 17.1 Å². The number of anilines is 2. The molecule has 1 N–H and O–H groups in total. The molecule has 0 bridgehead atoms. The molecule has 0 radical (unpaired) electrons. The van der Waals surface area contributed by atoms with Gasteiger partial charge in [0.15, 0.2) is 27.2 Å². The lowest BCUT2D eigenvalue weighted by Gasteiger charge is -2.24. The molecular formula is C16H19N5O4S. The first-order valence-corrected chi connectivity index (χ1v) is 10.1. The number of fused-ring (bicyclic) bond motifs is 1. The van der Waals surface area contributed by atoms with Crippen molar-refractivity contribution in [1.82, 2.24) is 15.2 Å². The van der Waals surface area contributed by atoms with Crippen molar-refractivity contribution in [2.75, 3.05) is 35.6 Å². The molecule has 4 rings (SSSR count). The summed E-state index contributed by atoms with van der Waals surface area (Å²) in [6.45, 7) is 0.744. The van der Waals surface area contributed by atoms with Crippen LogP contribution in [0.25, 0.3) is 0 Å². The first-order chi connectivity index (χ1) is 12.5. The molecule has 0 spiro atoms. The summed E-state index contributed by atoms with van der Waals surface area (Å²) in [6, 6.07) is 5.62. The summed E-state index contributed by atoms with van der Waals surface area (Å²) in [5.41, 5.74) is 0.999. The van der Waals surface area contributed by atoms with E-state index in [2.05, 4.69) is 20.5 Å². The molecule has 1 saturated heterocycles. The molecule has 2 aliphatic heterocycles. The van der Waals surface area contributed by atoms with Crippen LogP contribution >= 0.6 is 0 Å². The highest BCUT2D eigenvalue weighted by Crippen LogP contribution is 2.32. The Kier molecular flexibility index (Phi) is 4.27. The third kappa shape index (κ3) is 3.50.